The van der Waals surface area contributed by atoms with E-state index in [0.29, 0.717) is 24.3 Å². The summed E-state index contributed by atoms with van der Waals surface area (Å²) in [5.41, 5.74) is 0.403. The van der Waals surface area contributed by atoms with E-state index in [0.717, 1.165) is 0 Å². The molecule has 5 nitrogen and oxygen atoms in total. The number of esters is 1. The number of ether oxygens (including phenoxy) is 1. The largest absolute Gasteiger partial charge is 0.461 e. The van der Waals surface area contributed by atoms with E-state index in [1.807, 2.05) is 0 Å². The van der Waals surface area contributed by atoms with Gasteiger partial charge in [0.2, 0.25) is 0 Å². The van der Waals surface area contributed by atoms with Gasteiger partial charge in [0.15, 0.2) is 0 Å². The van der Waals surface area contributed by atoms with E-state index >= 15 is 0 Å². The minimum Gasteiger partial charge on any atom is -0.461 e. The van der Waals surface area contributed by atoms with Crippen LogP contribution in [-0.4, -0.2) is 53.6 Å². The fourth-order valence-corrected chi connectivity index (χ4v) is 0.952. The van der Waals surface area contributed by atoms with Gasteiger partial charge in [-0.15, -0.1) is 11.6 Å². The minimum absolute atomic E-state index is 0.0104. The lowest BCUT2D eigenvalue weighted by molar-refractivity contribution is -0.138. The van der Waals surface area contributed by atoms with E-state index < -0.39 is 0 Å². The Balaban J connectivity index is 0. The maximum absolute atomic E-state index is 10.5. The third-order valence-corrected chi connectivity index (χ3v) is 2.10. The second-order valence-corrected chi connectivity index (χ2v) is 4.08. The number of carbonyl (C=O) groups excluding carboxylic acids is 1. The average Bonchev–Trinajstić information content (AvgIpc) is 2.38. The van der Waals surface area contributed by atoms with Gasteiger partial charge in [0.05, 0.1) is 5.88 Å². The van der Waals surface area contributed by atoms with Crippen LogP contribution in [0.5, 0.6) is 0 Å². The Morgan fingerprint density at radius 1 is 1.33 bits per heavy atom. The van der Waals surface area contributed by atoms with Gasteiger partial charge < -0.3 is 20.1 Å². The maximum Gasteiger partial charge on any atom is 0.333 e. The lowest BCUT2D eigenvalue weighted by atomic mass is 10.1. The second-order valence-electron chi connectivity index (χ2n) is 3.70. The summed E-state index contributed by atoms with van der Waals surface area (Å²) < 4.78 is 4.58. The highest BCUT2D eigenvalue weighted by atomic mass is 35.5. The normalized spacial score (nSPS) is 9.67. The molecule has 0 aromatic heterocycles. The zero-order valence-corrected chi connectivity index (χ0v) is 11.5. The zero-order chi connectivity index (χ0) is 14.4. The van der Waals surface area contributed by atoms with Crippen molar-refractivity contribution < 1.29 is 24.9 Å². The number of alkyl halides is 1. The van der Waals surface area contributed by atoms with Crippen LogP contribution < -0.4 is 0 Å². The van der Waals surface area contributed by atoms with Crippen LogP contribution >= 0.6 is 11.6 Å². The van der Waals surface area contributed by atoms with Crippen LogP contribution in [-0.2, 0) is 9.53 Å². The van der Waals surface area contributed by atoms with Gasteiger partial charge >= 0.3 is 5.97 Å². The molecule has 0 rings (SSSR count). The molecule has 18 heavy (non-hydrogen) atoms. The van der Waals surface area contributed by atoms with Crippen LogP contribution in [0.3, 0.4) is 0 Å². The highest BCUT2D eigenvalue weighted by Gasteiger charge is 2.03. The Morgan fingerprint density at radius 3 is 2.22 bits per heavy atom. The maximum atomic E-state index is 10.5. The Bertz CT molecular complexity index is 217. The SMILES string of the molecule is C=C(C)C(=O)OCCCl.OCCCC(CO)CO. The van der Waals surface area contributed by atoms with Crippen LogP contribution in [0.4, 0.5) is 0 Å². The third-order valence-electron chi connectivity index (χ3n) is 1.95. The minimum atomic E-state index is -0.379. The van der Waals surface area contributed by atoms with Gasteiger partial charge in [0.25, 0.3) is 0 Å². The first-order valence-corrected chi connectivity index (χ1v) is 6.28. The van der Waals surface area contributed by atoms with E-state index in [1.165, 1.54) is 0 Å². The molecule has 0 fully saturated rings. The molecule has 0 heterocycles. The molecule has 0 aliphatic rings. The first-order valence-electron chi connectivity index (χ1n) is 5.74. The van der Waals surface area contributed by atoms with Gasteiger partial charge in [-0.3, -0.25) is 0 Å². The third kappa shape index (κ3) is 13.4. The molecule has 0 bridgehead atoms. The summed E-state index contributed by atoms with van der Waals surface area (Å²) in [7, 11) is 0. The number of rotatable bonds is 8. The zero-order valence-electron chi connectivity index (χ0n) is 10.8. The van der Waals surface area contributed by atoms with Gasteiger partial charge in [-0.1, -0.05) is 6.58 Å². The number of hydrogen-bond acceptors (Lipinski definition) is 5. The molecule has 0 atom stereocenters. The predicted molar refractivity (Wildman–Crippen MR) is 70.5 cm³/mol. The van der Waals surface area contributed by atoms with Gasteiger partial charge in [-0.25, -0.2) is 4.79 Å². The van der Waals surface area contributed by atoms with Gasteiger partial charge in [0, 0.05) is 31.3 Å². The molecule has 0 spiro atoms. The van der Waals surface area contributed by atoms with Crippen LogP contribution in [0, 0.1) is 5.92 Å². The summed E-state index contributed by atoms with van der Waals surface area (Å²) in [5.74, 6) is -0.0910. The van der Waals surface area contributed by atoms with Crippen molar-refractivity contribution in [2.75, 3.05) is 32.3 Å². The molecule has 108 valence electrons. The molecule has 0 saturated carbocycles. The summed E-state index contributed by atoms with van der Waals surface area (Å²) >= 11 is 5.24. The van der Waals surface area contributed by atoms with Crippen LogP contribution in [0.25, 0.3) is 0 Å². The Kier molecular flexibility index (Phi) is 15.8. The van der Waals surface area contributed by atoms with Gasteiger partial charge in [-0.2, -0.15) is 0 Å². The van der Waals surface area contributed by atoms with E-state index in [1.54, 1.807) is 6.92 Å². The van der Waals surface area contributed by atoms with E-state index in [2.05, 4.69) is 11.3 Å². The molecule has 3 N–H and O–H groups in total. The van der Waals surface area contributed by atoms with Gasteiger partial charge in [0.1, 0.15) is 6.61 Å². The molecule has 0 amide bonds. The summed E-state index contributed by atoms with van der Waals surface area (Å²) in [6, 6.07) is 0. The quantitative estimate of drug-likeness (QED) is 0.347. The molecule has 0 unspecified atom stereocenters. The Morgan fingerprint density at radius 2 is 1.89 bits per heavy atom. The van der Waals surface area contributed by atoms with Crippen molar-refractivity contribution in [3.63, 3.8) is 0 Å². The summed E-state index contributed by atoms with van der Waals surface area (Å²) in [5, 5.41) is 25.4. The first-order chi connectivity index (χ1) is 8.53. The number of carbonyl (C=O) groups is 1. The molecular formula is C12H23ClO5. The highest BCUT2D eigenvalue weighted by molar-refractivity contribution is 6.18. The lowest BCUT2D eigenvalue weighted by Crippen LogP contribution is -2.11. The standard InChI is InChI=1S/C6H9ClO2.C6H14O3/c1-5(2)6(8)9-4-3-7;7-3-1-2-6(4-8)5-9/h1,3-4H2,2H3;6-9H,1-5H2. The number of aliphatic hydroxyl groups is 3. The summed E-state index contributed by atoms with van der Waals surface area (Å²) in [6.45, 7) is 5.40. The molecule has 0 radical (unpaired) electrons. The molecule has 0 aliphatic heterocycles. The van der Waals surface area contributed by atoms with Crippen LogP contribution in [0.2, 0.25) is 0 Å². The lowest BCUT2D eigenvalue weighted by Gasteiger charge is -2.07. The van der Waals surface area contributed by atoms with Crippen molar-refractivity contribution in [3.05, 3.63) is 12.2 Å². The van der Waals surface area contributed by atoms with Crippen molar-refractivity contribution in [2.24, 2.45) is 5.92 Å². The van der Waals surface area contributed by atoms with Crippen molar-refractivity contribution in [1.82, 2.24) is 0 Å². The Labute approximate surface area is 113 Å². The summed E-state index contributed by atoms with van der Waals surface area (Å²) in [6.07, 6.45) is 1.36. The fourth-order valence-electron chi connectivity index (χ4n) is 0.875. The molecule has 6 heteroatoms. The van der Waals surface area contributed by atoms with Gasteiger partial charge in [-0.05, 0) is 19.8 Å². The van der Waals surface area contributed by atoms with E-state index in [9.17, 15) is 4.79 Å². The van der Waals surface area contributed by atoms with E-state index in [4.69, 9.17) is 26.9 Å². The van der Waals surface area contributed by atoms with Crippen LogP contribution in [0.1, 0.15) is 19.8 Å². The topological polar surface area (TPSA) is 87.0 Å². The van der Waals surface area contributed by atoms with Crippen molar-refractivity contribution in [2.45, 2.75) is 19.8 Å². The fraction of sp³-hybridized carbons (Fsp3) is 0.750. The second kappa shape index (κ2) is 14.4. The molecule has 0 aliphatic carbocycles. The summed E-state index contributed by atoms with van der Waals surface area (Å²) in [4.78, 5) is 10.5. The average molecular weight is 283 g/mol. The smallest absolute Gasteiger partial charge is 0.333 e. The molecule has 0 aromatic rings. The van der Waals surface area contributed by atoms with Crippen molar-refractivity contribution >= 4 is 17.6 Å². The first kappa shape index (κ1) is 19.7. The van der Waals surface area contributed by atoms with E-state index in [-0.39, 0.29) is 38.3 Å². The molecule has 0 saturated heterocycles. The number of hydrogen-bond donors (Lipinski definition) is 3. The molecule has 0 aromatic carbocycles. The monoisotopic (exact) mass is 282 g/mol. The number of aliphatic hydroxyl groups excluding tert-OH is 3. The molecular weight excluding hydrogens is 260 g/mol. The van der Waals surface area contributed by atoms with Crippen LogP contribution in [0.15, 0.2) is 12.2 Å². The van der Waals surface area contributed by atoms with Crippen molar-refractivity contribution in [1.29, 1.82) is 0 Å². The highest BCUT2D eigenvalue weighted by Crippen LogP contribution is 2.02. The Hall–Kier alpha value is -0.620. The number of halogens is 1. The predicted octanol–water partition coefficient (Wildman–Crippen LogP) is 0.704. The van der Waals surface area contributed by atoms with Crippen molar-refractivity contribution in [3.8, 4) is 0 Å².